The van der Waals surface area contributed by atoms with Crippen molar-refractivity contribution in [3.8, 4) is 0 Å². The Morgan fingerprint density at radius 2 is 1.33 bits per heavy atom. The Morgan fingerprint density at radius 3 is 1.93 bits per heavy atom. The van der Waals surface area contributed by atoms with E-state index >= 15 is 0 Å². The maximum atomic E-state index is 12.6. The zero-order valence-corrected chi connectivity index (χ0v) is 28.1. The van der Waals surface area contributed by atoms with Gasteiger partial charge in [-0.3, -0.25) is 13.8 Å². The fourth-order valence-corrected chi connectivity index (χ4v) is 5.16. The maximum Gasteiger partial charge on any atom is 0.472 e. The van der Waals surface area contributed by atoms with Crippen LogP contribution in [0, 0.1) is 0 Å². The van der Waals surface area contributed by atoms with Gasteiger partial charge in [0.05, 0.1) is 25.4 Å². The molecule has 3 unspecified atom stereocenters. The summed E-state index contributed by atoms with van der Waals surface area (Å²) in [6.07, 6.45) is 34.7. The number of aliphatic hydroxyl groups is 1. The fraction of sp³-hybridized carbons (Fsp3) is 0.735. The van der Waals surface area contributed by atoms with Crippen molar-refractivity contribution in [2.75, 3.05) is 19.8 Å². The first-order valence-corrected chi connectivity index (χ1v) is 18.2. The van der Waals surface area contributed by atoms with Crippen molar-refractivity contribution in [2.45, 2.75) is 142 Å². The van der Waals surface area contributed by atoms with E-state index in [2.05, 4.69) is 42.6 Å². The third-order valence-electron chi connectivity index (χ3n) is 6.95. The van der Waals surface area contributed by atoms with Crippen LogP contribution in [0.5, 0.6) is 0 Å². The molecule has 0 spiro atoms. The number of phosphoric acid groups is 1. The Balaban J connectivity index is 4.39. The molecule has 9 heteroatoms. The number of aliphatic hydroxyl groups excluding tert-OH is 1. The van der Waals surface area contributed by atoms with Crippen LogP contribution in [0.3, 0.4) is 0 Å². The molecule has 0 aliphatic heterocycles. The highest BCUT2D eigenvalue weighted by atomic mass is 31.2. The smallest absolute Gasteiger partial charge is 0.387 e. The van der Waals surface area contributed by atoms with Crippen LogP contribution in [0.4, 0.5) is 0 Å². The summed E-state index contributed by atoms with van der Waals surface area (Å²) in [6.45, 7) is 3.82. The molecule has 3 atom stereocenters. The molecule has 0 aliphatic rings. The van der Waals surface area contributed by atoms with Gasteiger partial charge in [0.25, 0.3) is 0 Å². The summed E-state index contributed by atoms with van der Waals surface area (Å²) in [5, 5.41) is 13.5. The van der Waals surface area contributed by atoms with Crippen LogP contribution >= 0.6 is 7.82 Å². The van der Waals surface area contributed by atoms with Gasteiger partial charge in [0.2, 0.25) is 5.91 Å². The van der Waals surface area contributed by atoms with Crippen molar-refractivity contribution in [3.63, 3.8) is 0 Å². The predicted octanol–water partition coefficient (Wildman–Crippen LogP) is 8.21. The van der Waals surface area contributed by atoms with Gasteiger partial charge in [-0.05, 0) is 64.7 Å². The minimum absolute atomic E-state index is 0.0686. The average molecular weight is 627 g/mol. The normalized spacial score (nSPS) is 15.2. The van der Waals surface area contributed by atoms with Crippen LogP contribution < -0.4 is 11.1 Å². The second-order valence-corrected chi connectivity index (χ2v) is 12.5. The van der Waals surface area contributed by atoms with Crippen molar-refractivity contribution in [3.05, 3.63) is 48.6 Å². The Bertz CT molecular complexity index is 815. The second-order valence-electron chi connectivity index (χ2n) is 11.0. The molecule has 0 aromatic carbocycles. The standard InChI is InChI=1S/C34H63N2O6P/c1-3-5-7-9-11-13-14-15-16-17-18-20-22-24-26-28-34(38)36-32(31-42-43(39,40)41-30-29-35)33(37)27-25-23-21-19-12-10-8-6-4-2/h4,6,12,15-16,19,25,27,32-33,37H,3,5,7-11,13-14,17-18,20-24,26,28-31,35H2,1-2H3,(H,36,38)(H,39,40)/b6-4+,16-15-,19-12+,27-25+. The van der Waals surface area contributed by atoms with Crippen LogP contribution in [-0.2, 0) is 18.4 Å². The molecule has 250 valence electrons. The van der Waals surface area contributed by atoms with Crippen molar-refractivity contribution in [2.24, 2.45) is 5.73 Å². The number of unbranched alkanes of at least 4 members (excludes halogenated alkanes) is 13. The van der Waals surface area contributed by atoms with Gasteiger partial charge in [-0.25, -0.2) is 4.57 Å². The van der Waals surface area contributed by atoms with E-state index in [0.29, 0.717) is 6.42 Å². The fourth-order valence-electron chi connectivity index (χ4n) is 4.40. The van der Waals surface area contributed by atoms with Crippen LogP contribution in [0.1, 0.15) is 129 Å². The summed E-state index contributed by atoms with van der Waals surface area (Å²) < 4.78 is 21.9. The van der Waals surface area contributed by atoms with Crippen molar-refractivity contribution < 1.29 is 28.4 Å². The number of amides is 1. The van der Waals surface area contributed by atoms with E-state index in [1.54, 1.807) is 6.08 Å². The first kappa shape index (κ1) is 41.5. The quantitative estimate of drug-likeness (QED) is 0.0359. The summed E-state index contributed by atoms with van der Waals surface area (Å²) in [5.41, 5.74) is 5.33. The molecule has 0 radical (unpaired) electrons. The van der Waals surface area contributed by atoms with Crippen molar-refractivity contribution in [1.29, 1.82) is 0 Å². The summed E-state index contributed by atoms with van der Waals surface area (Å²) in [6, 6.07) is -0.884. The summed E-state index contributed by atoms with van der Waals surface area (Å²) >= 11 is 0. The van der Waals surface area contributed by atoms with E-state index in [0.717, 1.165) is 64.2 Å². The summed E-state index contributed by atoms with van der Waals surface area (Å²) in [4.78, 5) is 22.4. The SMILES string of the molecule is C/C=C/CC/C=C/CC/C=C/C(O)C(COP(=O)(O)OCCN)NC(=O)CCCCCCC/C=C\CCCCCCCC. The van der Waals surface area contributed by atoms with E-state index in [1.807, 2.05) is 19.1 Å². The number of nitrogens with two attached hydrogens (primary N) is 1. The van der Waals surface area contributed by atoms with Gasteiger partial charge < -0.3 is 21.1 Å². The monoisotopic (exact) mass is 626 g/mol. The number of rotatable bonds is 30. The molecule has 0 aromatic heterocycles. The van der Waals surface area contributed by atoms with Gasteiger partial charge in [0.15, 0.2) is 0 Å². The molecule has 0 bridgehead atoms. The Hall–Kier alpha value is -1.54. The molecule has 5 N–H and O–H groups in total. The Morgan fingerprint density at radius 1 is 0.791 bits per heavy atom. The molecule has 0 fully saturated rings. The minimum Gasteiger partial charge on any atom is -0.387 e. The Labute approximate surface area is 262 Å². The first-order chi connectivity index (χ1) is 20.9. The lowest BCUT2D eigenvalue weighted by atomic mass is 10.1. The third-order valence-corrected chi connectivity index (χ3v) is 7.93. The molecular formula is C34H63N2O6P. The molecular weight excluding hydrogens is 563 g/mol. The number of carbonyl (C=O) groups is 1. The van der Waals surface area contributed by atoms with Gasteiger partial charge in [0, 0.05) is 13.0 Å². The summed E-state index contributed by atoms with van der Waals surface area (Å²) in [7, 11) is -4.34. The minimum atomic E-state index is -4.34. The molecule has 1 amide bonds. The molecule has 8 nitrogen and oxygen atoms in total. The number of allylic oxidation sites excluding steroid dienone is 7. The largest absolute Gasteiger partial charge is 0.472 e. The molecule has 43 heavy (non-hydrogen) atoms. The zero-order valence-electron chi connectivity index (χ0n) is 27.2. The van der Waals surface area contributed by atoms with Gasteiger partial charge in [-0.1, -0.05) is 107 Å². The zero-order chi connectivity index (χ0) is 31.9. The van der Waals surface area contributed by atoms with E-state index in [-0.39, 0.29) is 25.7 Å². The molecule has 0 aromatic rings. The average Bonchev–Trinajstić information content (AvgIpc) is 2.99. The lowest BCUT2D eigenvalue weighted by molar-refractivity contribution is -0.123. The van der Waals surface area contributed by atoms with Gasteiger partial charge in [-0.2, -0.15) is 0 Å². The number of nitrogens with one attached hydrogen (secondary N) is 1. The van der Waals surface area contributed by atoms with Crippen molar-refractivity contribution >= 4 is 13.7 Å². The third kappa shape index (κ3) is 29.0. The molecule has 0 saturated heterocycles. The lowest BCUT2D eigenvalue weighted by Crippen LogP contribution is -2.45. The van der Waals surface area contributed by atoms with Gasteiger partial charge in [0.1, 0.15) is 0 Å². The number of hydrogen-bond acceptors (Lipinski definition) is 6. The lowest BCUT2D eigenvalue weighted by Gasteiger charge is -2.23. The number of phosphoric ester groups is 1. The number of hydrogen-bond donors (Lipinski definition) is 4. The predicted molar refractivity (Wildman–Crippen MR) is 180 cm³/mol. The van der Waals surface area contributed by atoms with Gasteiger partial charge >= 0.3 is 7.82 Å². The highest BCUT2D eigenvalue weighted by molar-refractivity contribution is 7.47. The van der Waals surface area contributed by atoms with Crippen LogP contribution in [0.25, 0.3) is 0 Å². The van der Waals surface area contributed by atoms with Crippen molar-refractivity contribution in [1.82, 2.24) is 5.32 Å². The summed E-state index contributed by atoms with van der Waals surface area (Å²) in [5.74, 6) is -0.224. The van der Waals surface area contributed by atoms with Crippen LogP contribution in [0.15, 0.2) is 48.6 Å². The van der Waals surface area contributed by atoms with Gasteiger partial charge in [-0.15, -0.1) is 0 Å². The molecule has 0 saturated carbocycles. The van der Waals surface area contributed by atoms with E-state index in [1.165, 1.54) is 44.9 Å². The highest BCUT2D eigenvalue weighted by Gasteiger charge is 2.26. The second kappa shape index (κ2) is 30.5. The molecule has 0 rings (SSSR count). The van der Waals surface area contributed by atoms with Crippen LogP contribution in [0.2, 0.25) is 0 Å². The number of carbonyl (C=O) groups excluding carboxylic acids is 1. The first-order valence-electron chi connectivity index (χ1n) is 16.7. The Kier molecular flexibility index (Phi) is 29.4. The van der Waals surface area contributed by atoms with E-state index in [9.17, 15) is 19.4 Å². The topological polar surface area (TPSA) is 131 Å². The molecule has 0 heterocycles. The van der Waals surface area contributed by atoms with Crippen LogP contribution in [-0.4, -0.2) is 47.8 Å². The van der Waals surface area contributed by atoms with E-state index < -0.39 is 20.0 Å². The maximum absolute atomic E-state index is 12.6. The highest BCUT2D eigenvalue weighted by Crippen LogP contribution is 2.43. The molecule has 0 aliphatic carbocycles. The van der Waals surface area contributed by atoms with E-state index in [4.69, 9.17) is 14.8 Å².